The molecule has 0 saturated carbocycles. The third kappa shape index (κ3) is 5.05. The van der Waals surface area contributed by atoms with Crippen LogP contribution in [0.15, 0.2) is 42.7 Å². The third-order valence-electron chi connectivity index (χ3n) is 2.99. The molecule has 0 aliphatic rings. The van der Waals surface area contributed by atoms with E-state index in [4.69, 9.17) is 4.74 Å². The minimum atomic E-state index is 0.716. The van der Waals surface area contributed by atoms with Crippen LogP contribution in [-0.4, -0.2) is 22.9 Å². The van der Waals surface area contributed by atoms with E-state index in [1.54, 1.807) is 0 Å². The van der Waals surface area contributed by atoms with Gasteiger partial charge in [0.25, 0.3) is 0 Å². The first kappa shape index (κ1) is 14.6. The van der Waals surface area contributed by atoms with E-state index >= 15 is 0 Å². The Labute approximate surface area is 120 Å². The molecular formula is C16H23N3O. The van der Waals surface area contributed by atoms with Crippen LogP contribution in [0.2, 0.25) is 0 Å². The van der Waals surface area contributed by atoms with Crippen molar-refractivity contribution >= 4 is 0 Å². The number of hydrogen-bond acceptors (Lipinski definition) is 3. The number of para-hydroxylation sites is 1. The highest BCUT2D eigenvalue weighted by molar-refractivity contribution is 5.20. The van der Waals surface area contributed by atoms with Crippen molar-refractivity contribution in [2.24, 2.45) is 0 Å². The van der Waals surface area contributed by atoms with Gasteiger partial charge in [-0.2, -0.15) is 5.10 Å². The Kier molecular flexibility index (Phi) is 6.11. The Morgan fingerprint density at radius 2 is 2.10 bits per heavy atom. The fourth-order valence-electron chi connectivity index (χ4n) is 1.96. The van der Waals surface area contributed by atoms with Crippen LogP contribution in [0.1, 0.15) is 25.3 Å². The molecule has 0 aliphatic heterocycles. The number of nitrogens with one attached hydrogen (secondary N) is 1. The van der Waals surface area contributed by atoms with Crippen molar-refractivity contribution in [2.75, 3.05) is 13.2 Å². The van der Waals surface area contributed by atoms with Gasteiger partial charge in [0.2, 0.25) is 0 Å². The summed E-state index contributed by atoms with van der Waals surface area (Å²) in [6.07, 6.45) is 6.15. The Bertz CT molecular complexity index is 481. The second kappa shape index (κ2) is 8.38. The van der Waals surface area contributed by atoms with Crippen LogP contribution in [0, 0.1) is 0 Å². The van der Waals surface area contributed by atoms with Crippen LogP contribution < -0.4 is 10.1 Å². The molecule has 0 radical (unpaired) electrons. The Morgan fingerprint density at radius 1 is 1.25 bits per heavy atom. The molecule has 4 nitrogen and oxygen atoms in total. The van der Waals surface area contributed by atoms with Crippen molar-refractivity contribution in [3.8, 4) is 5.75 Å². The molecule has 0 amide bonds. The van der Waals surface area contributed by atoms with E-state index in [0.29, 0.717) is 6.61 Å². The lowest BCUT2D eigenvalue weighted by Gasteiger charge is -2.05. The van der Waals surface area contributed by atoms with Crippen LogP contribution in [0.4, 0.5) is 0 Å². The standard InChI is InChI=1S/C16H23N3O/c1-2-9-17-12-15-13-18-19(14-15)10-6-11-20-16-7-4-3-5-8-16/h3-5,7-8,13-14,17H,2,6,9-12H2,1H3. The van der Waals surface area contributed by atoms with Gasteiger partial charge < -0.3 is 10.1 Å². The van der Waals surface area contributed by atoms with Gasteiger partial charge in [0.1, 0.15) is 5.75 Å². The van der Waals surface area contributed by atoms with Crippen molar-refractivity contribution in [3.05, 3.63) is 48.3 Å². The number of benzene rings is 1. The molecule has 2 aromatic rings. The highest BCUT2D eigenvalue weighted by Crippen LogP contribution is 2.08. The number of aromatic nitrogens is 2. The molecule has 0 bridgehead atoms. The van der Waals surface area contributed by atoms with Crippen molar-refractivity contribution < 1.29 is 4.74 Å². The molecule has 4 heteroatoms. The largest absolute Gasteiger partial charge is 0.494 e. The fourth-order valence-corrected chi connectivity index (χ4v) is 1.96. The number of ether oxygens (including phenoxy) is 1. The molecule has 1 N–H and O–H groups in total. The van der Waals surface area contributed by atoms with Gasteiger partial charge in [0.05, 0.1) is 12.8 Å². The number of nitrogens with zero attached hydrogens (tertiary/aromatic N) is 2. The summed E-state index contributed by atoms with van der Waals surface area (Å²) in [6.45, 7) is 5.72. The number of rotatable bonds is 9. The number of hydrogen-bond donors (Lipinski definition) is 1. The smallest absolute Gasteiger partial charge is 0.119 e. The minimum Gasteiger partial charge on any atom is -0.494 e. The monoisotopic (exact) mass is 273 g/mol. The van der Waals surface area contributed by atoms with Crippen LogP contribution in [0.5, 0.6) is 5.75 Å². The van der Waals surface area contributed by atoms with E-state index < -0.39 is 0 Å². The maximum Gasteiger partial charge on any atom is 0.119 e. The lowest BCUT2D eigenvalue weighted by molar-refractivity contribution is 0.298. The van der Waals surface area contributed by atoms with Crippen molar-refractivity contribution in [1.29, 1.82) is 0 Å². The number of aryl methyl sites for hydroxylation is 1. The van der Waals surface area contributed by atoms with Crippen molar-refractivity contribution in [3.63, 3.8) is 0 Å². The molecule has 0 aliphatic carbocycles. The molecule has 20 heavy (non-hydrogen) atoms. The highest BCUT2D eigenvalue weighted by atomic mass is 16.5. The van der Waals surface area contributed by atoms with E-state index in [-0.39, 0.29) is 0 Å². The first-order chi connectivity index (χ1) is 9.88. The molecule has 1 heterocycles. The lowest BCUT2D eigenvalue weighted by Crippen LogP contribution is -2.13. The maximum absolute atomic E-state index is 5.66. The normalized spacial score (nSPS) is 10.7. The van der Waals surface area contributed by atoms with Crippen LogP contribution in [-0.2, 0) is 13.1 Å². The molecular weight excluding hydrogens is 250 g/mol. The summed E-state index contributed by atoms with van der Waals surface area (Å²) in [6, 6.07) is 9.92. The average molecular weight is 273 g/mol. The predicted molar refractivity (Wildman–Crippen MR) is 80.8 cm³/mol. The summed E-state index contributed by atoms with van der Waals surface area (Å²) in [7, 11) is 0. The van der Waals surface area contributed by atoms with Gasteiger partial charge in [-0.3, -0.25) is 4.68 Å². The van der Waals surface area contributed by atoms with Gasteiger partial charge in [0, 0.05) is 31.3 Å². The van der Waals surface area contributed by atoms with E-state index in [0.717, 1.165) is 38.2 Å². The summed E-state index contributed by atoms with van der Waals surface area (Å²) >= 11 is 0. The predicted octanol–water partition coefficient (Wildman–Crippen LogP) is 2.85. The zero-order valence-corrected chi connectivity index (χ0v) is 12.1. The molecule has 0 fully saturated rings. The Morgan fingerprint density at radius 3 is 2.90 bits per heavy atom. The Hall–Kier alpha value is -1.81. The molecule has 0 atom stereocenters. The highest BCUT2D eigenvalue weighted by Gasteiger charge is 1.98. The Balaban J connectivity index is 1.64. The third-order valence-corrected chi connectivity index (χ3v) is 2.99. The zero-order valence-electron chi connectivity index (χ0n) is 12.1. The van der Waals surface area contributed by atoms with Gasteiger partial charge in [-0.15, -0.1) is 0 Å². The second-order valence-corrected chi connectivity index (χ2v) is 4.80. The molecule has 0 unspecified atom stereocenters. The van der Waals surface area contributed by atoms with Crippen molar-refractivity contribution in [1.82, 2.24) is 15.1 Å². The average Bonchev–Trinajstić information content (AvgIpc) is 2.93. The summed E-state index contributed by atoms with van der Waals surface area (Å²) in [5.41, 5.74) is 1.24. The summed E-state index contributed by atoms with van der Waals surface area (Å²) in [5, 5.41) is 7.74. The lowest BCUT2D eigenvalue weighted by atomic mass is 10.3. The van der Waals surface area contributed by atoms with Crippen molar-refractivity contribution in [2.45, 2.75) is 32.9 Å². The SMILES string of the molecule is CCCNCc1cnn(CCCOc2ccccc2)c1. The fraction of sp³-hybridized carbons (Fsp3) is 0.438. The zero-order chi connectivity index (χ0) is 14.0. The minimum absolute atomic E-state index is 0.716. The molecule has 108 valence electrons. The molecule has 0 saturated heterocycles. The van der Waals surface area contributed by atoms with Crippen LogP contribution in [0.25, 0.3) is 0 Å². The quantitative estimate of drug-likeness (QED) is 0.714. The van der Waals surface area contributed by atoms with E-state index in [9.17, 15) is 0 Å². The van der Waals surface area contributed by atoms with Gasteiger partial charge in [-0.1, -0.05) is 25.1 Å². The van der Waals surface area contributed by atoms with Gasteiger partial charge in [-0.05, 0) is 25.1 Å². The summed E-state index contributed by atoms with van der Waals surface area (Å²) in [4.78, 5) is 0. The van der Waals surface area contributed by atoms with Crippen LogP contribution in [0.3, 0.4) is 0 Å². The molecule has 1 aromatic heterocycles. The second-order valence-electron chi connectivity index (χ2n) is 4.80. The van der Waals surface area contributed by atoms with E-state index in [2.05, 4.69) is 23.5 Å². The topological polar surface area (TPSA) is 39.1 Å². The van der Waals surface area contributed by atoms with Gasteiger partial charge in [0.15, 0.2) is 0 Å². The van der Waals surface area contributed by atoms with Gasteiger partial charge >= 0.3 is 0 Å². The molecule has 0 spiro atoms. The summed E-state index contributed by atoms with van der Waals surface area (Å²) < 4.78 is 7.64. The molecule has 1 aromatic carbocycles. The maximum atomic E-state index is 5.66. The van der Waals surface area contributed by atoms with Gasteiger partial charge in [-0.25, -0.2) is 0 Å². The first-order valence-corrected chi connectivity index (χ1v) is 7.28. The van der Waals surface area contributed by atoms with Crippen LogP contribution >= 0.6 is 0 Å². The van der Waals surface area contributed by atoms with E-state index in [1.165, 1.54) is 5.56 Å². The van der Waals surface area contributed by atoms with E-state index in [1.807, 2.05) is 41.2 Å². The molecule has 2 rings (SSSR count). The first-order valence-electron chi connectivity index (χ1n) is 7.28. The summed E-state index contributed by atoms with van der Waals surface area (Å²) in [5.74, 6) is 0.928.